The summed E-state index contributed by atoms with van der Waals surface area (Å²) in [5, 5.41) is 6.08. The molecule has 1 unspecified atom stereocenters. The fraction of sp³-hybridized carbons (Fsp3) is 0.688. The van der Waals surface area contributed by atoms with Gasteiger partial charge in [0.25, 0.3) is 5.91 Å². The molecule has 0 aromatic carbocycles. The monoisotopic (exact) mass is 306 g/mol. The number of hydrogen-bond donors (Lipinski definition) is 2. The lowest BCUT2D eigenvalue weighted by atomic mass is 10.2. The molecule has 0 radical (unpaired) electrons. The number of anilines is 1. The first-order valence-corrected chi connectivity index (χ1v) is 8.18. The highest BCUT2D eigenvalue weighted by molar-refractivity contribution is 5.92. The lowest BCUT2D eigenvalue weighted by Gasteiger charge is -2.12. The van der Waals surface area contributed by atoms with Crippen LogP contribution in [-0.4, -0.2) is 41.7 Å². The molecule has 122 valence electrons. The van der Waals surface area contributed by atoms with Crippen LogP contribution in [0, 0.1) is 6.92 Å². The standard InChI is InChI=1S/C16H26N4O2/c1-3-4-5-8-17-15(21)14-10-12(2)19-16(20-14)18-11-13-7-6-9-22-13/h10,13H,3-9,11H2,1-2H3,(H,17,21)(H,18,19,20). The Kier molecular flexibility index (Phi) is 6.58. The lowest BCUT2D eigenvalue weighted by Crippen LogP contribution is -2.26. The van der Waals surface area contributed by atoms with Crippen molar-refractivity contribution in [3.8, 4) is 0 Å². The van der Waals surface area contributed by atoms with Crippen LogP contribution in [0.25, 0.3) is 0 Å². The number of ether oxygens (including phenoxy) is 1. The third kappa shape index (κ3) is 5.26. The van der Waals surface area contributed by atoms with Crippen molar-refractivity contribution in [2.45, 2.75) is 52.1 Å². The maximum atomic E-state index is 12.1. The summed E-state index contributed by atoms with van der Waals surface area (Å²) in [6.07, 6.45) is 5.64. The van der Waals surface area contributed by atoms with Crippen LogP contribution in [0.15, 0.2) is 6.07 Å². The first-order chi connectivity index (χ1) is 10.7. The molecule has 1 aliphatic heterocycles. The predicted octanol–water partition coefficient (Wildman–Crippen LogP) is 2.30. The summed E-state index contributed by atoms with van der Waals surface area (Å²) >= 11 is 0. The maximum absolute atomic E-state index is 12.1. The van der Waals surface area contributed by atoms with Crippen LogP contribution in [0.4, 0.5) is 5.95 Å². The average Bonchev–Trinajstić information content (AvgIpc) is 3.02. The number of unbranched alkanes of at least 4 members (excludes halogenated alkanes) is 2. The van der Waals surface area contributed by atoms with E-state index in [1.807, 2.05) is 6.92 Å². The molecular weight excluding hydrogens is 280 g/mol. The Labute approximate surface area is 132 Å². The van der Waals surface area contributed by atoms with Crippen molar-refractivity contribution in [1.29, 1.82) is 0 Å². The second kappa shape index (κ2) is 8.68. The summed E-state index contributed by atoms with van der Waals surface area (Å²) in [5.41, 5.74) is 1.20. The molecular formula is C16H26N4O2. The van der Waals surface area contributed by atoms with Crippen molar-refractivity contribution in [2.24, 2.45) is 0 Å². The Morgan fingerprint density at radius 2 is 2.27 bits per heavy atom. The van der Waals surface area contributed by atoms with Crippen LogP contribution in [0.1, 0.15) is 55.2 Å². The number of nitrogens with one attached hydrogen (secondary N) is 2. The molecule has 1 atom stereocenters. The summed E-state index contributed by atoms with van der Waals surface area (Å²) in [4.78, 5) is 20.8. The van der Waals surface area contributed by atoms with Gasteiger partial charge in [0.2, 0.25) is 5.95 Å². The number of amides is 1. The smallest absolute Gasteiger partial charge is 0.270 e. The van der Waals surface area contributed by atoms with Crippen molar-refractivity contribution >= 4 is 11.9 Å². The van der Waals surface area contributed by atoms with E-state index in [2.05, 4.69) is 27.5 Å². The molecule has 1 aromatic rings. The molecule has 6 heteroatoms. The highest BCUT2D eigenvalue weighted by Crippen LogP contribution is 2.13. The van der Waals surface area contributed by atoms with Crippen LogP contribution < -0.4 is 10.6 Å². The van der Waals surface area contributed by atoms with Crippen LogP contribution in [0.5, 0.6) is 0 Å². The normalized spacial score (nSPS) is 17.5. The third-order valence-corrected chi connectivity index (χ3v) is 3.66. The zero-order valence-corrected chi connectivity index (χ0v) is 13.5. The number of hydrogen-bond acceptors (Lipinski definition) is 5. The number of nitrogens with zero attached hydrogens (tertiary/aromatic N) is 2. The Morgan fingerprint density at radius 3 is 3.00 bits per heavy atom. The zero-order valence-electron chi connectivity index (χ0n) is 13.5. The molecule has 6 nitrogen and oxygen atoms in total. The number of carbonyl (C=O) groups excluding carboxylic acids is 1. The summed E-state index contributed by atoms with van der Waals surface area (Å²) in [7, 11) is 0. The van der Waals surface area contributed by atoms with E-state index in [1.54, 1.807) is 6.07 Å². The van der Waals surface area contributed by atoms with Crippen LogP contribution in [0.3, 0.4) is 0 Å². The number of rotatable bonds is 8. The highest BCUT2D eigenvalue weighted by atomic mass is 16.5. The van der Waals surface area contributed by atoms with E-state index in [9.17, 15) is 4.79 Å². The van der Waals surface area contributed by atoms with E-state index >= 15 is 0 Å². The van der Waals surface area contributed by atoms with Gasteiger partial charge in [0.15, 0.2) is 0 Å². The van der Waals surface area contributed by atoms with E-state index in [-0.39, 0.29) is 12.0 Å². The molecule has 22 heavy (non-hydrogen) atoms. The first kappa shape index (κ1) is 16.7. The van der Waals surface area contributed by atoms with E-state index in [1.165, 1.54) is 0 Å². The number of carbonyl (C=O) groups is 1. The number of aryl methyl sites for hydroxylation is 1. The quantitative estimate of drug-likeness (QED) is 0.721. The third-order valence-electron chi connectivity index (χ3n) is 3.66. The van der Waals surface area contributed by atoms with Crippen molar-refractivity contribution in [3.05, 3.63) is 17.5 Å². The Hall–Kier alpha value is -1.69. The minimum absolute atomic E-state index is 0.137. The fourth-order valence-corrected chi connectivity index (χ4v) is 2.44. The van der Waals surface area contributed by atoms with Gasteiger partial charge in [-0.1, -0.05) is 19.8 Å². The topological polar surface area (TPSA) is 76.1 Å². The van der Waals surface area contributed by atoms with Gasteiger partial charge in [0, 0.05) is 25.4 Å². The first-order valence-electron chi connectivity index (χ1n) is 8.18. The van der Waals surface area contributed by atoms with Gasteiger partial charge in [-0.15, -0.1) is 0 Å². The largest absolute Gasteiger partial charge is 0.376 e. The van der Waals surface area contributed by atoms with E-state index in [0.717, 1.165) is 44.4 Å². The fourth-order valence-electron chi connectivity index (χ4n) is 2.44. The molecule has 1 amide bonds. The van der Waals surface area contributed by atoms with Crippen LogP contribution in [-0.2, 0) is 4.74 Å². The minimum atomic E-state index is -0.137. The molecule has 1 aliphatic rings. The van der Waals surface area contributed by atoms with E-state index in [4.69, 9.17) is 4.74 Å². The SMILES string of the molecule is CCCCCNC(=O)c1cc(C)nc(NCC2CCCO2)n1. The summed E-state index contributed by atoms with van der Waals surface area (Å²) in [6, 6.07) is 1.71. The van der Waals surface area contributed by atoms with E-state index in [0.29, 0.717) is 24.7 Å². The van der Waals surface area contributed by atoms with Gasteiger partial charge in [-0.05, 0) is 32.3 Å². The molecule has 0 saturated carbocycles. The Morgan fingerprint density at radius 1 is 1.41 bits per heavy atom. The van der Waals surface area contributed by atoms with E-state index < -0.39 is 0 Å². The van der Waals surface area contributed by atoms with Gasteiger partial charge in [0.1, 0.15) is 5.69 Å². The molecule has 1 aromatic heterocycles. The van der Waals surface area contributed by atoms with Gasteiger partial charge >= 0.3 is 0 Å². The second-order valence-corrected chi connectivity index (χ2v) is 5.70. The zero-order chi connectivity index (χ0) is 15.8. The molecule has 2 N–H and O–H groups in total. The van der Waals surface area contributed by atoms with Crippen molar-refractivity contribution < 1.29 is 9.53 Å². The molecule has 1 saturated heterocycles. The van der Waals surface area contributed by atoms with Gasteiger partial charge in [-0.2, -0.15) is 0 Å². The molecule has 2 heterocycles. The second-order valence-electron chi connectivity index (χ2n) is 5.70. The Bertz CT molecular complexity index is 487. The van der Waals surface area contributed by atoms with Gasteiger partial charge < -0.3 is 15.4 Å². The van der Waals surface area contributed by atoms with Gasteiger partial charge in [-0.25, -0.2) is 9.97 Å². The predicted molar refractivity (Wildman–Crippen MR) is 86.1 cm³/mol. The van der Waals surface area contributed by atoms with Crippen molar-refractivity contribution in [2.75, 3.05) is 25.0 Å². The number of aromatic nitrogens is 2. The van der Waals surface area contributed by atoms with Crippen molar-refractivity contribution in [1.82, 2.24) is 15.3 Å². The molecule has 1 fully saturated rings. The summed E-state index contributed by atoms with van der Waals surface area (Å²) in [6.45, 7) is 6.20. The summed E-state index contributed by atoms with van der Waals surface area (Å²) < 4.78 is 5.56. The van der Waals surface area contributed by atoms with Gasteiger partial charge in [-0.3, -0.25) is 4.79 Å². The highest BCUT2D eigenvalue weighted by Gasteiger charge is 2.16. The molecule has 0 spiro atoms. The summed E-state index contributed by atoms with van der Waals surface area (Å²) in [5.74, 6) is 0.357. The van der Waals surface area contributed by atoms with Gasteiger partial charge in [0.05, 0.1) is 6.10 Å². The lowest BCUT2D eigenvalue weighted by molar-refractivity contribution is 0.0948. The van der Waals surface area contributed by atoms with Crippen LogP contribution in [0.2, 0.25) is 0 Å². The molecule has 2 rings (SSSR count). The molecule has 0 aliphatic carbocycles. The molecule has 0 bridgehead atoms. The van der Waals surface area contributed by atoms with Crippen molar-refractivity contribution in [3.63, 3.8) is 0 Å². The van der Waals surface area contributed by atoms with Crippen LogP contribution >= 0.6 is 0 Å². The average molecular weight is 306 g/mol. The maximum Gasteiger partial charge on any atom is 0.270 e. The Balaban J connectivity index is 1.89. The minimum Gasteiger partial charge on any atom is -0.376 e.